The predicted molar refractivity (Wildman–Crippen MR) is 98.6 cm³/mol. The minimum Gasteiger partial charge on any atom is -0.478 e. The molecule has 0 radical (unpaired) electrons. The third kappa shape index (κ3) is 3.69. The first kappa shape index (κ1) is 16.5. The zero-order valence-electron chi connectivity index (χ0n) is 14.1. The van der Waals surface area contributed by atoms with Gasteiger partial charge in [-0.2, -0.15) is 4.98 Å². The molecule has 0 fully saturated rings. The van der Waals surface area contributed by atoms with E-state index in [4.69, 9.17) is 14.4 Å². The van der Waals surface area contributed by atoms with Crippen LogP contribution in [0.15, 0.2) is 83.4 Å². The maximum atomic E-state index is 10.9. The highest BCUT2D eigenvalue weighted by Gasteiger charge is 2.12. The summed E-state index contributed by atoms with van der Waals surface area (Å²) in [6.45, 7) is 0. The Bertz CT molecular complexity index is 1070. The van der Waals surface area contributed by atoms with Gasteiger partial charge < -0.3 is 14.4 Å². The van der Waals surface area contributed by atoms with Crippen molar-refractivity contribution in [1.82, 2.24) is 10.1 Å². The van der Waals surface area contributed by atoms with Crippen LogP contribution in [0.25, 0.3) is 22.8 Å². The van der Waals surface area contributed by atoms with E-state index < -0.39 is 5.97 Å². The van der Waals surface area contributed by atoms with Gasteiger partial charge in [0.15, 0.2) is 0 Å². The number of hydrogen-bond acceptors (Lipinski definition) is 5. The summed E-state index contributed by atoms with van der Waals surface area (Å²) in [5.41, 5.74) is 1.60. The number of carboxylic acids is 1. The molecule has 0 aliphatic carbocycles. The van der Waals surface area contributed by atoms with Crippen molar-refractivity contribution in [2.75, 3.05) is 0 Å². The number of carbonyl (C=O) groups is 1. The van der Waals surface area contributed by atoms with Gasteiger partial charge in [0, 0.05) is 11.1 Å². The molecule has 0 atom stereocenters. The van der Waals surface area contributed by atoms with Crippen LogP contribution < -0.4 is 4.74 Å². The van der Waals surface area contributed by atoms with Crippen LogP contribution in [0.4, 0.5) is 0 Å². The molecule has 0 spiro atoms. The summed E-state index contributed by atoms with van der Waals surface area (Å²) in [7, 11) is 0. The van der Waals surface area contributed by atoms with Gasteiger partial charge in [-0.05, 0) is 48.5 Å². The molecule has 0 saturated heterocycles. The summed E-state index contributed by atoms with van der Waals surface area (Å²) >= 11 is 0. The van der Waals surface area contributed by atoms with Gasteiger partial charge in [-0.15, -0.1) is 0 Å². The number of aromatic nitrogens is 2. The number of para-hydroxylation sites is 1. The van der Waals surface area contributed by atoms with E-state index in [1.807, 2.05) is 54.6 Å². The topological polar surface area (TPSA) is 85.5 Å². The fraction of sp³-hybridized carbons (Fsp3) is 0. The number of hydrogen-bond donors (Lipinski definition) is 1. The molecule has 27 heavy (non-hydrogen) atoms. The molecule has 132 valence electrons. The molecule has 0 unspecified atom stereocenters. The summed E-state index contributed by atoms with van der Waals surface area (Å²) < 4.78 is 11.1. The molecule has 0 saturated carbocycles. The summed E-state index contributed by atoms with van der Waals surface area (Å²) in [6.07, 6.45) is 0. The molecule has 4 aromatic rings. The van der Waals surface area contributed by atoms with Crippen LogP contribution in [0.2, 0.25) is 0 Å². The second kappa shape index (κ2) is 7.13. The van der Waals surface area contributed by atoms with Gasteiger partial charge in [-0.3, -0.25) is 0 Å². The number of rotatable bonds is 5. The van der Waals surface area contributed by atoms with Crippen molar-refractivity contribution in [1.29, 1.82) is 0 Å². The smallest absolute Gasteiger partial charge is 0.335 e. The molecule has 3 aromatic carbocycles. The van der Waals surface area contributed by atoms with E-state index in [0.717, 1.165) is 11.3 Å². The van der Waals surface area contributed by atoms with E-state index in [0.29, 0.717) is 23.0 Å². The largest absolute Gasteiger partial charge is 0.478 e. The lowest BCUT2D eigenvalue weighted by molar-refractivity contribution is 0.0697. The lowest BCUT2D eigenvalue weighted by Crippen LogP contribution is -1.94. The quantitative estimate of drug-likeness (QED) is 0.546. The fourth-order valence-electron chi connectivity index (χ4n) is 2.54. The highest BCUT2D eigenvalue weighted by molar-refractivity contribution is 5.88. The highest BCUT2D eigenvalue weighted by atomic mass is 16.5. The maximum Gasteiger partial charge on any atom is 0.335 e. The van der Waals surface area contributed by atoms with Crippen molar-refractivity contribution >= 4 is 5.97 Å². The van der Waals surface area contributed by atoms with Crippen LogP contribution in [0.5, 0.6) is 11.5 Å². The van der Waals surface area contributed by atoms with Crippen LogP contribution in [-0.4, -0.2) is 21.2 Å². The highest BCUT2D eigenvalue weighted by Crippen LogP contribution is 2.27. The average Bonchev–Trinajstić information content (AvgIpc) is 3.19. The lowest BCUT2D eigenvalue weighted by atomic mass is 10.1. The first-order chi connectivity index (χ1) is 13.2. The Hall–Kier alpha value is -3.93. The lowest BCUT2D eigenvalue weighted by Gasteiger charge is -2.05. The molecule has 1 heterocycles. The van der Waals surface area contributed by atoms with Crippen LogP contribution in [0.3, 0.4) is 0 Å². The Balaban J connectivity index is 1.58. The standard InChI is InChI=1S/C21H14N2O4/c24-21(25)15-11-9-14(10-12-15)20-22-19(23-27-20)16-5-4-8-18(13-16)26-17-6-2-1-3-7-17/h1-13H,(H,24,25). The Morgan fingerprint density at radius 3 is 2.33 bits per heavy atom. The molecule has 0 bridgehead atoms. The van der Waals surface area contributed by atoms with Crippen molar-refractivity contribution in [3.05, 3.63) is 84.4 Å². The van der Waals surface area contributed by atoms with Crippen molar-refractivity contribution in [3.8, 4) is 34.3 Å². The first-order valence-electron chi connectivity index (χ1n) is 8.20. The number of benzene rings is 3. The molecule has 0 amide bonds. The SMILES string of the molecule is O=C(O)c1ccc(-c2nc(-c3cccc(Oc4ccccc4)c3)no2)cc1. The number of nitrogens with zero attached hydrogens (tertiary/aromatic N) is 2. The molecule has 1 N–H and O–H groups in total. The monoisotopic (exact) mass is 358 g/mol. The van der Waals surface area contributed by atoms with Crippen molar-refractivity contribution in [2.24, 2.45) is 0 Å². The summed E-state index contributed by atoms with van der Waals surface area (Å²) in [5.74, 6) is 1.16. The molecular formula is C21H14N2O4. The number of aromatic carboxylic acids is 1. The maximum absolute atomic E-state index is 10.9. The van der Waals surface area contributed by atoms with Gasteiger partial charge in [0.1, 0.15) is 11.5 Å². The van der Waals surface area contributed by atoms with E-state index >= 15 is 0 Å². The number of carboxylic acid groups (broad SMARTS) is 1. The minimum absolute atomic E-state index is 0.198. The van der Waals surface area contributed by atoms with Crippen LogP contribution in [0.1, 0.15) is 10.4 Å². The normalized spacial score (nSPS) is 10.5. The van der Waals surface area contributed by atoms with Crippen LogP contribution in [-0.2, 0) is 0 Å². The average molecular weight is 358 g/mol. The summed E-state index contributed by atoms with van der Waals surface area (Å²) in [6, 6.07) is 23.1. The Labute approximate surface area is 154 Å². The predicted octanol–water partition coefficient (Wildman–Crippen LogP) is 4.89. The van der Waals surface area contributed by atoms with Crippen molar-refractivity contribution in [3.63, 3.8) is 0 Å². The summed E-state index contributed by atoms with van der Waals surface area (Å²) in [5, 5.41) is 13.0. The zero-order valence-corrected chi connectivity index (χ0v) is 14.1. The zero-order chi connectivity index (χ0) is 18.6. The van der Waals surface area contributed by atoms with Crippen molar-refractivity contribution < 1.29 is 19.2 Å². The van der Waals surface area contributed by atoms with Gasteiger partial charge in [-0.25, -0.2) is 4.79 Å². The van der Waals surface area contributed by atoms with Gasteiger partial charge in [0.2, 0.25) is 5.82 Å². The molecule has 6 heteroatoms. The van der Waals surface area contributed by atoms with E-state index in [2.05, 4.69) is 10.1 Å². The molecule has 0 aliphatic heterocycles. The molecule has 1 aromatic heterocycles. The Kier molecular flexibility index (Phi) is 4.37. The second-order valence-corrected chi connectivity index (χ2v) is 5.75. The van der Waals surface area contributed by atoms with Gasteiger partial charge in [0.05, 0.1) is 5.56 Å². The van der Waals surface area contributed by atoms with E-state index in [-0.39, 0.29) is 5.56 Å². The third-order valence-corrected chi connectivity index (χ3v) is 3.88. The molecule has 0 aliphatic rings. The van der Waals surface area contributed by atoms with Crippen LogP contribution in [0, 0.1) is 0 Å². The van der Waals surface area contributed by atoms with Crippen molar-refractivity contribution in [2.45, 2.75) is 0 Å². The first-order valence-corrected chi connectivity index (χ1v) is 8.20. The summed E-state index contributed by atoms with van der Waals surface area (Å²) in [4.78, 5) is 15.3. The van der Waals surface area contributed by atoms with Gasteiger partial charge in [-0.1, -0.05) is 35.5 Å². The molecular weight excluding hydrogens is 344 g/mol. The minimum atomic E-state index is -0.983. The van der Waals surface area contributed by atoms with E-state index in [1.165, 1.54) is 12.1 Å². The fourth-order valence-corrected chi connectivity index (χ4v) is 2.54. The van der Waals surface area contributed by atoms with Gasteiger partial charge >= 0.3 is 5.97 Å². The van der Waals surface area contributed by atoms with Gasteiger partial charge in [0.25, 0.3) is 5.89 Å². The molecule has 4 rings (SSSR count). The Morgan fingerprint density at radius 2 is 1.59 bits per heavy atom. The van der Waals surface area contributed by atoms with Crippen LogP contribution >= 0.6 is 0 Å². The third-order valence-electron chi connectivity index (χ3n) is 3.88. The number of ether oxygens (including phenoxy) is 1. The van der Waals surface area contributed by atoms with E-state index in [1.54, 1.807) is 12.1 Å². The Morgan fingerprint density at radius 1 is 0.852 bits per heavy atom. The second-order valence-electron chi connectivity index (χ2n) is 5.75. The molecule has 6 nitrogen and oxygen atoms in total. The van der Waals surface area contributed by atoms with E-state index in [9.17, 15) is 4.79 Å².